The lowest BCUT2D eigenvalue weighted by Gasteiger charge is -2.15. The van der Waals surface area contributed by atoms with Crippen LogP contribution >= 0.6 is 35.4 Å². The van der Waals surface area contributed by atoms with E-state index in [2.05, 4.69) is 15.6 Å². The summed E-state index contributed by atoms with van der Waals surface area (Å²) in [4.78, 5) is 0. The Balaban J connectivity index is 1.79. The number of aryl methyl sites for hydroxylation is 1. The van der Waals surface area contributed by atoms with Gasteiger partial charge < -0.3 is 10.2 Å². The minimum absolute atomic E-state index is 0.00427. The van der Waals surface area contributed by atoms with Crippen molar-refractivity contribution >= 4 is 35.4 Å². The molecule has 0 spiro atoms. The van der Waals surface area contributed by atoms with Gasteiger partial charge in [0.25, 0.3) is 0 Å². The van der Waals surface area contributed by atoms with Gasteiger partial charge in [-0.1, -0.05) is 29.3 Å². The second-order valence-electron chi connectivity index (χ2n) is 5.49. The summed E-state index contributed by atoms with van der Waals surface area (Å²) in [6.45, 7) is 2.20. The molecular weight excluding hydrogens is 398 g/mol. The van der Waals surface area contributed by atoms with Crippen LogP contribution in [-0.4, -0.2) is 14.9 Å². The van der Waals surface area contributed by atoms with Gasteiger partial charge in [0.05, 0.1) is 11.6 Å². The molecule has 1 aromatic heterocycles. The van der Waals surface area contributed by atoms with Crippen molar-refractivity contribution in [3.63, 3.8) is 0 Å². The number of hydrogen-bond acceptors (Lipinski definition) is 4. The Labute approximate surface area is 164 Å². The first-order chi connectivity index (χ1) is 12.5. The number of nitrogens with zero attached hydrogens (tertiary/aromatic N) is 2. The number of benzene rings is 2. The Morgan fingerprint density at radius 3 is 2.81 bits per heavy atom. The van der Waals surface area contributed by atoms with Crippen LogP contribution in [0.3, 0.4) is 0 Å². The van der Waals surface area contributed by atoms with Crippen LogP contribution in [0.2, 0.25) is 10.0 Å². The van der Waals surface area contributed by atoms with Gasteiger partial charge in [0.1, 0.15) is 24.0 Å². The van der Waals surface area contributed by atoms with E-state index in [1.165, 1.54) is 6.07 Å². The van der Waals surface area contributed by atoms with E-state index in [0.717, 1.165) is 5.56 Å². The summed E-state index contributed by atoms with van der Waals surface area (Å²) >= 11 is 17.3. The summed E-state index contributed by atoms with van der Waals surface area (Å²) in [6.07, 6.45) is 0. The third kappa shape index (κ3) is 4.17. The molecule has 0 aliphatic rings. The molecule has 0 aliphatic carbocycles. The Morgan fingerprint density at radius 1 is 1.31 bits per heavy atom. The van der Waals surface area contributed by atoms with E-state index < -0.39 is 5.82 Å². The molecule has 0 unspecified atom stereocenters. The molecular formula is C17H15Cl2FN4OS. The van der Waals surface area contributed by atoms with Gasteiger partial charge in [-0.15, -0.1) is 0 Å². The second-order valence-corrected chi connectivity index (χ2v) is 6.72. The summed E-state index contributed by atoms with van der Waals surface area (Å²) in [7, 11) is 0. The Hall–Kier alpha value is -2.09. The van der Waals surface area contributed by atoms with Crippen LogP contribution in [0.5, 0.6) is 5.75 Å². The SMILES string of the molecule is Cc1n[nH]c(=S)n1NCc1cc(Cl)ccc1OCc1c(F)cccc1Cl. The molecule has 0 amide bonds. The lowest BCUT2D eigenvalue weighted by molar-refractivity contribution is 0.297. The maximum Gasteiger partial charge on any atom is 0.214 e. The molecule has 9 heteroatoms. The third-order valence-corrected chi connectivity index (χ3v) is 4.59. The molecule has 0 saturated carbocycles. The van der Waals surface area contributed by atoms with Crippen molar-refractivity contribution in [2.75, 3.05) is 5.43 Å². The van der Waals surface area contributed by atoms with Crippen molar-refractivity contribution in [2.24, 2.45) is 0 Å². The number of halogens is 3. The van der Waals surface area contributed by atoms with Crippen LogP contribution in [0.4, 0.5) is 4.39 Å². The van der Waals surface area contributed by atoms with Crippen LogP contribution in [0.25, 0.3) is 0 Å². The first kappa shape index (κ1) is 18.7. The van der Waals surface area contributed by atoms with Crippen molar-refractivity contribution in [1.29, 1.82) is 0 Å². The molecule has 2 N–H and O–H groups in total. The van der Waals surface area contributed by atoms with Gasteiger partial charge in [-0.25, -0.2) is 9.07 Å². The fraction of sp³-hybridized carbons (Fsp3) is 0.176. The highest BCUT2D eigenvalue weighted by atomic mass is 35.5. The minimum atomic E-state index is -0.411. The van der Waals surface area contributed by atoms with E-state index in [1.807, 2.05) is 6.92 Å². The zero-order valence-electron chi connectivity index (χ0n) is 13.7. The first-order valence-corrected chi connectivity index (χ1v) is 8.84. The topological polar surface area (TPSA) is 54.9 Å². The molecule has 0 saturated heterocycles. The van der Waals surface area contributed by atoms with E-state index >= 15 is 0 Å². The van der Waals surface area contributed by atoms with Crippen molar-refractivity contribution in [1.82, 2.24) is 14.9 Å². The number of nitrogens with one attached hydrogen (secondary N) is 2. The van der Waals surface area contributed by atoms with Gasteiger partial charge in [-0.2, -0.15) is 5.10 Å². The lowest BCUT2D eigenvalue weighted by atomic mass is 10.2. The van der Waals surface area contributed by atoms with Crippen molar-refractivity contribution < 1.29 is 9.13 Å². The lowest BCUT2D eigenvalue weighted by Crippen LogP contribution is -2.16. The molecule has 2 aromatic carbocycles. The van der Waals surface area contributed by atoms with E-state index in [1.54, 1.807) is 35.0 Å². The fourth-order valence-corrected chi connectivity index (χ4v) is 3.03. The maximum atomic E-state index is 13.9. The molecule has 0 fully saturated rings. The standard InChI is InChI=1S/C17H15Cl2FN4OS/c1-10-22-23-17(26)24(10)21-8-11-7-12(18)5-6-16(11)25-9-13-14(19)3-2-4-15(13)20/h2-7,21H,8-9H2,1H3,(H,23,26). The average Bonchev–Trinajstić information content (AvgIpc) is 2.92. The van der Waals surface area contributed by atoms with Crippen LogP contribution in [0.15, 0.2) is 36.4 Å². The molecule has 1 heterocycles. The highest BCUT2D eigenvalue weighted by Crippen LogP contribution is 2.26. The largest absolute Gasteiger partial charge is 0.488 e. The molecule has 0 atom stereocenters. The monoisotopic (exact) mass is 412 g/mol. The number of aromatic amines is 1. The number of ether oxygens (including phenoxy) is 1. The number of H-pyrrole nitrogens is 1. The van der Waals surface area contributed by atoms with Crippen LogP contribution in [0.1, 0.15) is 17.0 Å². The number of aromatic nitrogens is 3. The van der Waals surface area contributed by atoms with Gasteiger partial charge >= 0.3 is 0 Å². The Morgan fingerprint density at radius 2 is 2.12 bits per heavy atom. The van der Waals surface area contributed by atoms with Gasteiger partial charge in [-0.3, -0.25) is 5.10 Å². The van der Waals surface area contributed by atoms with Gasteiger partial charge in [0, 0.05) is 16.1 Å². The Kier molecular flexibility index (Phi) is 5.80. The third-order valence-electron chi connectivity index (χ3n) is 3.72. The van der Waals surface area contributed by atoms with E-state index in [9.17, 15) is 4.39 Å². The van der Waals surface area contributed by atoms with E-state index in [-0.39, 0.29) is 6.61 Å². The summed E-state index contributed by atoms with van der Waals surface area (Å²) in [5.74, 6) is 0.845. The molecule has 3 aromatic rings. The fourth-order valence-electron chi connectivity index (χ4n) is 2.37. The highest BCUT2D eigenvalue weighted by Gasteiger charge is 2.11. The Bertz CT molecular complexity index is 969. The van der Waals surface area contributed by atoms with Crippen molar-refractivity contribution in [3.8, 4) is 5.75 Å². The summed E-state index contributed by atoms with van der Waals surface area (Å²) < 4.78 is 21.8. The molecule has 26 heavy (non-hydrogen) atoms. The second kappa shape index (κ2) is 8.07. The summed E-state index contributed by atoms with van der Waals surface area (Å²) in [6, 6.07) is 9.73. The molecule has 136 valence electrons. The highest BCUT2D eigenvalue weighted by molar-refractivity contribution is 7.71. The first-order valence-electron chi connectivity index (χ1n) is 7.67. The summed E-state index contributed by atoms with van der Waals surface area (Å²) in [5, 5.41) is 7.61. The predicted molar refractivity (Wildman–Crippen MR) is 102 cm³/mol. The molecule has 5 nitrogen and oxygen atoms in total. The van der Waals surface area contributed by atoms with E-state index in [4.69, 9.17) is 40.2 Å². The maximum absolute atomic E-state index is 13.9. The smallest absolute Gasteiger partial charge is 0.214 e. The number of hydrogen-bond donors (Lipinski definition) is 2. The zero-order valence-corrected chi connectivity index (χ0v) is 16.1. The van der Waals surface area contributed by atoms with Crippen LogP contribution in [0, 0.1) is 17.5 Å². The number of rotatable bonds is 6. The van der Waals surface area contributed by atoms with Gasteiger partial charge in [-0.05, 0) is 49.5 Å². The predicted octanol–water partition coefficient (Wildman–Crippen LogP) is 5.02. The quantitative estimate of drug-likeness (QED) is 0.558. The van der Waals surface area contributed by atoms with E-state index in [0.29, 0.717) is 38.5 Å². The minimum Gasteiger partial charge on any atom is -0.488 e. The van der Waals surface area contributed by atoms with Gasteiger partial charge in [0.15, 0.2) is 0 Å². The van der Waals surface area contributed by atoms with Crippen molar-refractivity contribution in [3.05, 3.63) is 74.0 Å². The molecule has 0 bridgehead atoms. The van der Waals surface area contributed by atoms with Gasteiger partial charge in [0.2, 0.25) is 4.77 Å². The molecule has 0 radical (unpaired) electrons. The zero-order chi connectivity index (χ0) is 18.7. The normalized spacial score (nSPS) is 10.8. The molecule has 0 aliphatic heterocycles. The molecule has 3 rings (SSSR count). The van der Waals surface area contributed by atoms with Crippen LogP contribution in [-0.2, 0) is 13.2 Å². The average molecular weight is 413 g/mol. The summed E-state index contributed by atoms with van der Waals surface area (Å²) in [5.41, 5.74) is 4.23. The van der Waals surface area contributed by atoms with Crippen molar-refractivity contribution in [2.45, 2.75) is 20.1 Å². The van der Waals surface area contributed by atoms with Crippen LogP contribution < -0.4 is 10.2 Å².